The fraction of sp³-hybridized carbons (Fsp3) is 0.867. The Hall–Kier alpha value is -1.61. The second-order valence-corrected chi connectivity index (χ2v) is 12.3. The molecular formula is C30H56NO9P. The number of hydrogen-bond donors (Lipinski definition) is 2. The van der Waals surface area contributed by atoms with Crippen molar-refractivity contribution in [3.63, 3.8) is 0 Å². The van der Waals surface area contributed by atoms with E-state index in [-0.39, 0.29) is 49.9 Å². The van der Waals surface area contributed by atoms with Gasteiger partial charge in [0.25, 0.3) is 0 Å². The number of carbonyl (C=O) groups is 4. The van der Waals surface area contributed by atoms with Gasteiger partial charge in [-0.1, -0.05) is 96.8 Å². The Morgan fingerprint density at radius 3 is 1.73 bits per heavy atom. The predicted octanol–water partition coefficient (Wildman–Crippen LogP) is 6.76. The van der Waals surface area contributed by atoms with Gasteiger partial charge in [-0.25, -0.2) is 4.57 Å². The van der Waals surface area contributed by atoms with Crippen LogP contribution in [0.2, 0.25) is 0 Å². The fourth-order valence-electron chi connectivity index (χ4n) is 4.36. The molecule has 2 unspecified atom stereocenters. The van der Waals surface area contributed by atoms with Crippen LogP contribution in [0, 0.1) is 0 Å². The first-order chi connectivity index (χ1) is 19.6. The molecule has 0 aliphatic rings. The van der Waals surface area contributed by atoms with E-state index in [1.807, 2.05) is 0 Å². The number of carbonyl (C=O) groups excluding carboxylic acids is 4. The Morgan fingerprint density at radius 1 is 0.732 bits per heavy atom. The average molecular weight is 606 g/mol. The van der Waals surface area contributed by atoms with Crippen molar-refractivity contribution >= 4 is 31.3 Å². The Morgan fingerprint density at radius 2 is 1.24 bits per heavy atom. The largest absolute Gasteiger partial charge is 0.472 e. The molecule has 0 radical (unpaired) electrons. The van der Waals surface area contributed by atoms with Gasteiger partial charge in [-0.2, -0.15) is 0 Å². The van der Waals surface area contributed by atoms with Crippen LogP contribution in [-0.2, 0) is 37.5 Å². The molecule has 2 N–H and O–H groups in total. The van der Waals surface area contributed by atoms with Gasteiger partial charge in [0.05, 0.1) is 13.2 Å². The number of ether oxygens (including phenoxy) is 1. The van der Waals surface area contributed by atoms with Gasteiger partial charge in [0.15, 0.2) is 0 Å². The van der Waals surface area contributed by atoms with Crippen molar-refractivity contribution in [3.05, 3.63) is 0 Å². The zero-order valence-corrected chi connectivity index (χ0v) is 26.7. The molecule has 0 aromatic heterocycles. The van der Waals surface area contributed by atoms with Gasteiger partial charge in [-0.05, 0) is 13.3 Å². The van der Waals surface area contributed by atoms with Gasteiger partial charge in [0, 0.05) is 39.2 Å². The van der Waals surface area contributed by atoms with Gasteiger partial charge in [0.1, 0.15) is 17.7 Å². The maximum Gasteiger partial charge on any atom is 0.472 e. The van der Waals surface area contributed by atoms with Crippen LogP contribution in [0.25, 0.3) is 0 Å². The van der Waals surface area contributed by atoms with Crippen LogP contribution in [0.4, 0.5) is 0 Å². The van der Waals surface area contributed by atoms with Crippen molar-refractivity contribution in [1.29, 1.82) is 0 Å². The molecule has 10 nitrogen and oxygen atoms in total. The third kappa shape index (κ3) is 28.3. The third-order valence-electron chi connectivity index (χ3n) is 6.65. The summed E-state index contributed by atoms with van der Waals surface area (Å²) in [6, 6.07) is 0. The first-order valence-electron chi connectivity index (χ1n) is 15.6. The first kappa shape index (κ1) is 39.4. The maximum absolute atomic E-state index is 12.4. The van der Waals surface area contributed by atoms with Crippen LogP contribution in [0.3, 0.4) is 0 Å². The minimum absolute atomic E-state index is 0.0279. The molecule has 41 heavy (non-hydrogen) atoms. The van der Waals surface area contributed by atoms with Crippen LogP contribution in [-0.4, -0.2) is 54.2 Å². The van der Waals surface area contributed by atoms with Crippen molar-refractivity contribution < 1.29 is 42.4 Å². The number of hydrogen-bond acceptors (Lipinski definition) is 8. The van der Waals surface area contributed by atoms with Crippen molar-refractivity contribution in [2.75, 3.05) is 19.8 Å². The zero-order chi connectivity index (χ0) is 30.8. The van der Waals surface area contributed by atoms with E-state index < -0.39 is 26.5 Å². The molecule has 0 aromatic rings. The summed E-state index contributed by atoms with van der Waals surface area (Å²) in [4.78, 5) is 56.1. The highest BCUT2D eigenvalue weighted by Gasteiger charge is 2.26. The monoisotopic (exact) mass is 605 g/mol. The number of phosphoric acid groups is 1. The zero-order valence-electron chi connectivity index (χ0n) is 25.8. The lowest BCUT2D eigenvalue weighted by molar-refractivity contribution is -0.149. The van der Waals surface area contributed by atoms with E-state index in [4.69, 9.17) is 13.8 Å². The Kier molecular flexibility index (Phi) is 25.0. The molecule has 2 atom stereocenters. The van der Waals surface area contributed by atoms with Crippen LogP contribution < -0.4 is 5.32 Å². The summed E-state index contributed by atoms with van der Waals surface area (Å²) in [5.74, 6) is -1.21. The van der Waals surface area contributed by atoms with Gasteiger partial charge >= 0.3 is 13.8 Å². The fourth-order valence-corrected chi connectivity index (χ4v) is 5.11. The topological polar surface area (TPSA) is 145 Å². The lowest BCUT2D eigenvalue weighted by Gasteiger charge is -2.19. The minimum Gasteiger partial charge on any atom is -0.460 e. The first-order valence-corrected chi connectivity index (χ1v) is 17.1. The molecule has 0 aromatic carbocycles. The summed E-state index contributed by atoms with van der Waals surface area (Å²) in [5, 5.41) is 2.46. The van der Waals surface area contributed by atoms with E-state index in [9.17, 15) is 28.6 Å². The van der Waals surface area contributed by atoms with E-state index in [0.717, 1.165) is 19.3 Å². The van der Waals surface area contributed by atoms with E-state index in [1.54, 1.807) is 0 Å². The van der Waals surface area contributed by atoms with Crippen molar-refractivity contribution in [1.82, 2.24) is 5.32 Å². The highest BCUT2D eigenvalue weighted by Crippen LogP contribution is 2.43. The number of nitrogens with one attached hydrogen (secondary N) is 1. The minimum atomic E-state index is -4.49. The summed E-state index contributed by atoms with van der Waals surface area (Å²) in [5.41, 5.74) is 0. The highest BCUT2D eigenvalue weighted by atomic mass is 31.2. The van der Waals surface area contributed by atoms with Crippen LogP contribution in [0.5, 0.6) is 0 Å². The second kappa shape index (κ2) is 26.1. The summed E-state index contributed by atoms with van der Waals surface area (Å²) in [6.45, 7) is 4.01. The summed E-state index contributed by atoms with van der Waals surface area (Å²) in [6.07, 6.45) is 18.0. The number of ketones is 2. The summed E-state index contributed by atoms with van der Waals surface area (Å²) < 4.78 is 26.9. The summed E-state index contributed by atoms with van der Waals surface area (Å²) >= 11 is 0. The number of unbranched alkanes of at least 4 members (excludes halogenated alkanes) is 14. The Bertz CT molecular complexity index is 775. The molecule has 0 aliphatic heterocycles. The van der Waals surface area contributed by atoms with Crippen molar-refractivity contribution in [3.8, 4) is 0 Å². The van der Waals surface area contributed by atoms with E-state index in [1.165, 1.54) is 90.9 Å². The molecule has 0 aliphatic carbocycles. The van der Waals surface area contributed by atoms with Gasteiger partial charge in [-0.15, -0.1) is 0 Å². The standard InChI is InChI=1S/C30H56NO9P/c1-4-5-6-7-8-9-10-11-12-13-14-15-16-17-18-19-28(34)24-29(40-27(3)33)25-39-41(36,37)38-23-22-31-30(35)21-20-26(2)32/h29H,4-25H2,1-3H3,(H,31,35)(H,36,37). The van der Waals surface area contributed by atoms with E-state index in [2.05, 4.69) is 12.2 Å². The number of Topliss-reactive ketones (excluding diaryl/α,β-unsaturated/α-hetero) is 2. The molecule has 0 saturated heterocycles. The number of esters is 1. The molecule has 1 amide bonds. The lowest BCUT2D eigenvalue weighted by Crippen LogP contribution is -2.27. The molecule has 240 valence electrons. The van der Waals surface area contributed by atoms with Gasteiger partial charge in [-0.3, -0.25) is 23.4 Å². The van der Waals surface area contributed by atoms with E-state index in [0.29, 0.717) is 6.42 Å². The second-order valence-electron chi connectivity index (χ2n) is 10.8. The van der Waals surface area contributed by atoms with Crippen molar-refractivity contribution in [2.24, 2.45) is 0 Å². The lowest BCUT2D eigenvalue weighted by atomic mass is 10.0. The van der Waals surface area contributed by atoms with Crippen LogP contribution >= 0.6 is 7.82 Å². The van der Waals surface area contributed by atoms with Gasteiger partial charge in [0.2, 0.25) is 5.91 Å². The van der Waals surface area contributed by atoms with E-state index >= 15 is 0 Å². The van der Waals surface area contributed by atoms with Crippen LogP contribution in [0.15, 0.2) is 0 Å². The Balaban J connectivity index is 3.98. The molecule has 0 spiro atoms. The molecule has 0 saturated carbocycles. The van der Waals surface area contributed by atoms with Crippen molar-refractivity contribution in [2.45, 2.75) is 149 Å². The maximum atomic E-state index is 12.4. The molecule has 0 fully saturated rings. The number of phosphoric ester groups is 1. The SMILES string of the molecule is CCCCCCCCCCCCCCCCCC(=O)CC(COP(=O)(O)OCCNC(=O)CCC(C)=O)OC(C)=O. The van der Waals surface area contributed by atoms with Gasteiger partial charge < -0.3 is 19.7 Å². The molecule has 0 heterocycles. The summed E-state index contributed by atoms with van der Waals surface area (Å²) in [7, 11) is -4.49. The average Bonchev–Trinajstić information content (AvgIpc) is 2.90. The smallest absolute Gasteiger partial charge is 0.460 e. The normalized spacial score (nSPS) is 13.4. The molecule has 0 bridgehead atoms. The molecule has 11 heteroatoms. The predicted molar refractivity (Wildman–Crippen MR) is 159 cm³/mol. The highest BCUT2D eigenvalue weighted by molar-refractivity contribution is 7.47. The number of rotatable bonds is 29. The van der Waals surface area contributed by atoms with Crippen LogP contribution in [0.1, 0.15) is 143 Å². The quantitative estimate of drug-likeness (QED) is 0.0536. The molecular weight excluding hydrogens is 549 g/mol. The Labute approximate surface area is 247 Å². The third-order valence-corrected chi connectivity index (χ3v) is 7.64. The molecule has 0 rings (SSSR count). The number of amides is 1.